The lowest BCUT2D eigenvalue weighted by molar-refractivity contribution is -0.137. The van der Waals surface area contributed by atoms with Gasteiger partial charge >= 0.3 is 0 Å². The van der Waals surface area contributed by atoms with Gasteiger partial charge in [-0.3, -0.25) is 14.5 Å². The Morgan fingerprint density at radius 3 is 2.62 bits per heavy atom. The van der Waals surface area contributed by atoms with Crippen LogP contribution in [0.15, 0.2) is 12.3 Å². The van der Waals surface area contributed by atoms with Crippen LogP contribution in [0.2, 0.25) is 5.02 Å². The van der Waals surface area contributed by atoms with E-state index in [9.17, 15) is 9.59 Å². The minimum Gasteiger partial charge on any atom is -0.342 e. The number of fused-ring (bicyclic) bond motifs is 1. The number of aromatic nitrogens is 1. The van der Waals surface area contributed by atoms with Crippen molar-refractivity contribution in [3.63, 3.8) is 0 Å². The number of piperidine rings is 1. The average Bonchev–Trinajstić information content (AvgIpc) is 2.60. The molecule has 2 aliphatic rings. The number of hydrogen-bond donors (Lipinski definition) is 0. The van der Waals surface area contributed by atoms with Crippen LogP contribution in [-0.4, -0.2) is 41.3 Å². The lowest BCUT2D eigenvalue weighted by Crippen LogP contribution is -2.46. The number of carbonyl (C=O) groups excluding carboxylic acids is 2. The van der Waals surface area contributed by atoms with Crippen molar-refractivity contribution < 1.29 is 9.59 Å². The van der Waals surface area contributed by atoms with E-state index in [0.717, 1.165) is 37.1 Å². The van der Waals surface area contributed by atoms with Crippen LogP contribution in [0.5, 0.6) is 0 Å². The molecule has 0 spiro atoms. The van der Waals surface area contributed by atoms with Gasteiger partial charge in [-0.15, -0.1) is 0 Å². The molecule has 3 heterocycles. The molecule has 2 amide bonds. The van der Waals surface area contributed by atoms with Crippen molar-refractivity contribution in [3.8, 4) is 0 Å². The van der Waals surface area contributed by atoms with E-state index >= 15 is 0 Å². The van der Waals surface area contributed by atoms with E-state index < -0.39 is 0 Å². The van der Waals surface area contributed by atoms with Crippen molar-refractivity contribution in [1.29, 1.82) is 0 Å². The van der Waals surface area contributed by atoms with E-state index in [1.165, 1.54) is 0 Å². The number of amides is 2. The molecule has 0 saturated carbocycles. The van der Waals surface area contributed by atoms with E-state index in [2.05, 4.69) is 4.98 Å². The molecule has 0 aromatic carbocycles. The van der Waals surface area contributed by atoms with Gasteiger partial charge in [0, 0.05) is 48.3 Å². The Morgan fingerprint density at radius 1 is 1.25 bits per heavy atom. The van der Waals surface area contributed by atoms with Gasteiger partial charge in [0.25, 0.3) is 0 Å². The van der Waals surface area contributed by atoms with Gasteiger partial charge in [-0.05, 0) is 31.7 Å². The number of nitrogens with zero attached hydrogens (tertiary/aromatic N) is 3. The Bertz CT molecular complexity index is 639. The van der Waals surface area contributed by atoms with Gasteiger partial charge in [0.1, 0.15) is 5.82 Å². The first-order chi connectivity index (χ1) is 11.5. The first-order valence-electron chi connectivity index (χ1n) is 8.72. The minimum absolute atomic E-state index is 0.0116. The molecule has 6 heteroatoms. The zero-order valence-electron chi connectivity index (χ0n) is 14.3. The van der Waals surface area contributed by atoms with E-state index in [0.29, 0.717) is 24.7 Å². The quantitative estimate of drug-likeness (QED) is 0.825. The highest BCUT2D eigenvalue weighted by Gasteiger charge is 2.33. The number of rotatable bonds is 2. The van der Waals surface area contributed by atoms with Crippen LogP contribution in [0, 0.1) is 11.8 Å². The second-order valence-corrected chi connectivity index (χ2v) is 7.35. The van der Waals surface area contributed by atoms with Gasteiger partial charge < -0.3 is 4.90 Å². The molecule has 24 heavy (non-hydrogen) atoms. The van der Waals surface area contributed by atoms with Crippen LogP contribution in [0.25, 0.3) is 0 Å². The standard InChI is InChI=1S/C18H24ClN3O2/c1-12(2)17(23)21-10-6-13(7-11-21)18(24)22-9-3-4-14-15(19)5-8-20-16(14)22/h5,8,12-13H,3-4,6-7,9-11H2,1-2H3. The molecule has 0 atom stereocenters. The zero-order valence-corrected chi connectivity index (χ0v) is 15.1. The van der Waals surface area contributed by atoms with Gasteiger partial charge in [0.2, 0.25) is 11.8 Å². The summed E-state index contributed by atoms with van der Waals surface area (Å²) in [5, 5.41) is 0.690. The summed E-state index contributed by atoms with van der Waals surface area (Å²) in [6.45, 7) is 5.86. The van der Waals surface area contributed by atoms with Crippen molar-refractivity contribution >= 4 is 29.2 Å². The van der Waals surface area contributed by atoms with Gasteiger partial charge in [-0.25, -0.2) is 4.98 Å². The highest BCUT2D eigenvalue weighted by molar-refractivity contribution is 6.31. The summed E-state index contributed by atoms with van der Waals surface area (Å²) in [6, 6.07) is 1.78. The summed E-state index contributed by atoms with van der Waals surface area (Å²) in [6.07, 6.45) is 4.89. The number of anilines is 1. The van der Waals surface area contributed by atoms with Crippen molar-refractivity contribution in [2.45, 2.75) is 39.5 Å². The Balaban J connectivity index is 1.69. The van der Waals surface area contributed by atoms with E-state index in [1.54, 1.807) is 17.2 Å². The normalized spacial score (nSPS) is 18.7. The SMILES string of the molecule is CC(C)C(=O)N1CCC(C(=O)N2CCCc3c(Cl)ccnc32)CC1. The predicted octanol–water partition coefficient (Wildman–Crippen LogP) is 2.91. The van der Waals surface area contributed by atoms with Crippen LogP contribution >= 0.6 is 11.6 Å². The van der Waals surface area contributed by atoms with Gasteiger partial charge in [0.15, 0.2) is 0 Å². The summed E-state index contributed by atoms with van der Waals surface area (Å²) in [5.41, 5.74) is 0.978. The third kappa shape index (κ3) is 3.27. The second-order valence-electron chi connectivity index (χ2n) is 6.94. The second kappa shape index (κ2) is 7.09. The van der Waals surface area contributed by atoms with E-state index in [-0.39, 0.29) is 23.7 Å². The maximum absolute atomic E-state index is 13.0. The molecular weight excluding hydrogens is 326 g/mol. The minimum atomic E-state index is -0.0343. The zero-order chi connectivity index (χ0) is 17.3. The lowest BCUT2D eigenvalue weighted by Gasteiger charge is -2.36. The molecule has 0 bridgehead atoms. The third-order valence-electron chi connectivity index (χ3n) is 4.96. The van der Waals surface area contributed by atoms with E-state index in [4.69, 9.17) is 11.6 Å². The number of halogens is 1. The summed E-state index contributed by atoms with van der Waals surface area (Å²) >= 11 is 6.26. The molecule has 1 aromatic heterocycles. The molecule has 5 nitrogen and oxygen atoms in total. The number of likely N-dealkylation sites (tertiary alicyclic amines) is 1. The third-order valence-corrected chi connectivity index (χ3v) is 5.31. The van der Waals surface area contributed by atoms with Gasteiger partial charge in [-0.1, -0.05) is 25.4 Å². The van der Waals surface area contributed by atoms with Crippen molar-refractivity contribution in [3.05, 3.63) is 22.8 Å². The largest absolute Gasteiger partial charge is 0.342 e. The maximum Gasteiger partial charge on any atom is 0.231 e. The first-order valence-corrected chi connectivity index (χ1v) is 9.10. The summed E-state index contributed by atoms with van der Waals surface area (Å²) in [4.78, 5) is 33.1. The van der Waals surface area contributed by atoms with Gasteiger partial charge in [-0.2, -0.15) is 0 Å². The molecule has 0 radical (unpaired) electrons. The summed E-state index contributed by atoms with van der Waals surface area (Å²) in [5.74, 6) is 1.00. The molecular formula is C18H24ClN3O2. The first kappa shape index (κ1) is 17.2. The topological polar surface area (TPSA) is 53.5 Å². The van der Waals surface area contributed by atoms with E-state index in [1.807, 2.05) is 18.7 Å². The fourth-order valence-corrected chi connectivity index (χ4v) is 3.82. The molecule has 3 rings (SSSR count). The van der Waals surface area contributed by atoms with Crippen LogP contribution in [0.4, 0.5) is 5.82 Å². The highest BCUT2D eigenvalue weighted by Crippen LogP contribution is 2.32. The van der Waals surface area contributed by atoms with Crippen LogP contribution < -0.4 is 4.90 Å². The Hall–Kier alpha value is -1.62. The summed E-state index contributed by atoms with van der Waals surface area (Å²) < 4.78 is 0. The molecule has 2 aliphatic heterocycles. The Labute approximate surface area is 148 Å². The summed E-state index contributed by atoms with van der Waals surface area (Å²) in [7, 11) is 0. The monoisotopic (exact) mass is 349 g/mol. The molecule has 1 saturated heterocycles. The molecule has 1 aromatic rings. The molecule has 130 valence electrons. The van der Waals surface area contributed by atoms with Crippen LogP contribution in [0.1, 0.15) is 38.7 Å². The fraction of sp³-hybridized carbons (Fsp3) is 0.611. The van der Waals surface area contributed by atoms with Crippen molar-refractivity contribution in [1.82, 2.24) is 9.88 Å². The molecule has 1 fully saturated rings. The number of pyridine rings is 1. The van der Waals surface area contributed by atoms with Gasteiger partial charge in [0.05, 0.1) is 0 Å². The highest BCUT2D eigenvalue weighted by atomic mass is 35.5. The molecule has 0 unspecified atom stereocenters. The predicted molar refractivity (Wildman–Crippen MR) is 94.1 cm³/mol. The van der Waals surface area contributed by atoms with Crippen LogP contribution in [0.3, 0.4) is 0 Å². The Morgan fingerprint density at radius 2 is 1.96 bits per heavy atom. The molecule has 0 aliphatic carbocycles. The number of hydrogen-bond acceptors (Lipinski definition) is 3. The lowest BCUT2D eigenvalue weighted by atomic mass is 9.93. The van der Waals surface area contributed by atoms with Crippen molar-refractivity contribution in [2.24, 2.45) is 11.8 Å². The average molecular weight is 350 g/mol. The maximum atomic E-state index is 13.0. The Kier molecular flexibility index (Phi) is 5.09. The van der Waals surface area contributed by atoms with Crippen molar-refractivity contribution in [2.75, 3.05) is 24.5 Å². The fourth-order valence-electron chi connectivity index (χ4n) is 3.59. The smallest absolute Gasteiger partial charge is 0.231 e. The molecule has 0 N–H and O–H groups in total. The van der Waals surface area contributed by atoms with Crippen LogP contribution in [-0.2, 0) is 16.0 Å². The number of carbonyl (C=O) groups is 2.